The molecule has 1 aromatic carbocycles. The minimum Gasteiger partial charge on any atom is -0.411 e. The molecule has 0 saturated carbocycles. The van der Waals surface area contributed by atoms with Gasteiger partial charge in [-0.3, -0.25) is 4.72 Å². The summed E-state index contributed by atoms with van der Waals surface area (Å²) in [5, 5.41) is 11.7. The quantitative estimate of drug-likeness (QED) is 0.487. The van der Waals surface area contributed by atoms with E-state index < -0.39 is 10.0 Å². The average molecular weight is 365 g/mol. The molecule has 0 aliphatic rings. The molecular weight excluding hydrogens is 355 g/mol. The number of benzene rings is 1. The molecule has 0 spiro atoms. The second-order valence-electron chi connectivity index (χ2n) is 4.06. The van der Waals surface area contributed by atoms with Crippen molar-refractivity contribution in [2.45, 2.75) is 11.8 Å². The van der Waals surface area contributed by atoms with Gasteiger partial charge in [0, 0.05) is 5.69 Å². The molecule has 21 heavy (non-hydrogen) atoms. The van der Waals surface area contributed by atoms with Crippen LogP contribution in [0.25, 0.3) is 0 Å². The Bertz CT molecular complexity index is 783. The van der Waals surface area contributed by atoms with Crippen LogP contribution in [0.4, 0.5) is 5.69 Å². The lowest BCUT2D eigenvalue weighted by molar-refractivity contribution is 0.319. The lowest BCUT2D eigenvalue weighted by Gasteiger charge is -2.07. The average Bonchev–Trinajstić information content (AvgIpc) is 2.78. The number of nitrogens with one attached hydrogen (secondary N) is 1. The van der Waals surface area contributed by atoms with Gasteiger partial charge < -0.3 is 5.21 Å². The minimum absolute atomic E-state index is 0.0589. The first kappa shape index (κ1) is 16.1. The Hall–Kier alpha value is -1.28. The maximum absolute atomic E-state index is 12.2. The zero-order valence-electron chi connectivity index (χ0n) is 10.7. The summed E-state index contributed by atoms with van der Waals surface area (Å²) in [6.45, 7) is 1.63. The molecule has 0 saturated heterocycles. The zero-order chi connectivity index (χ0) is 15.6. The Kier molecular flexibility index (Phi) is 4.77. The van der Waals surface area contributed by atoms with Crippen molar-refractivity contribution in [3.8, 4) is 0 Å². The summed E-state index contributed by atoms with van der Waals surface area (Å²) in [4.78, 5) is -0.0589. The molecule has 0 bridgehead atoms. The number of anilines is 1. The monoisotopic (exact) mass is 364 g/mol. The first-order chi connectivity index (χ1) is 9.83. The second kappa shape index (κ2) is 6.23. The van der Waals surface area contributed by atoms with Crippen LogP contribution in [-0.4, -0.2) is 19.3 Å². The van der Waals surface area contributed by atoms with E-state index in [0.717, 1.165) is 11.3 Å². The highest BCUT2D eigenvalue weighted by Crippen LogP contribution is 2.35. The van der Waals surface area contributed by atoms with Gasteiger partial charge in [0.15, 0.2) is 0 Å². The molecule has 2 aromatic rings. The van der Waals surface area contributed by atoms with Crippen molar-refractivity contribution in [3.05, 3.63) is 44.6 Å². The molecule has 0 radical (unpaired) electrons. The van der Waals surface area contributed by atoms with E-state index in [4.69, 9.17) is 28.4 Å². The second-order valence-corrected chi connectivity index (χ2v) is 7.99. The molecule has 1 aromatic heterocycles. The number of thiophene rings is 1. The predicted octanol–water partition coefficient (Wildman–Crippen LogP) is 4.05. The molecule has 0 aliphatic carbocycles. The molecule has 0 fully saturated rings. The van der Waals surface area contributed by atoms with Gasteiger partial charge >= 0.3 is 0 Å². The summed E-state index contributed by atoms with van der Waals surface area (Å²) >= 11 is 12.6. The van der Waals surface area contributed by atoms with E-state index in [1.807, 2.05) is 0 Å². The number of nitrogens with zero attached hydrogens (tertiary/aromatic N) is 1. The maximum atomic E-state index is 12.2. The Balaban J connectivity index is 2.27. The van der Waals surface area contributed by atoms with Crippen LogP contribution in [0, 0.1) is 0 Å². The standard InChI is InChI=1S/C12H10Cl2N2O3S2/c1-7(15-17)8-2-4-9(5-3-8)16-21(18,19)10-6-11(13)20-12(10)14/h2-6,16-17H,1H3/b15-7+. The number of hydrogen-bond donors (Lipinski definition) is 2. The molecule has 1 heterocycles. The third-order valence-corrected chi connectivity index (χ3v) is 5.75. The van der Waals surface area contributed by atoms with Crippen LogP contribution < -0.4 is 4.72 Å². The lowest BCUT2D eigenvalue weighted by Crippen LogP contribution is -2.12. The molecule has 2 rings (SSSR count). The molecule has 2 N–H and O–H groups in total. The van der Waals surface area contributed by atoms with Crippen molar-refractivity contribution in [3.63, 3.8) is 0 Å². The lowest BCUT2D eigenvalue weighted by atomic mass is 10.1. The molecule has 5 nitrogen and oxygen atoms in total. The summed E-state index contributed by atoms with van der Waals surface area (Å²) in [7, 11) is -3.80. The van der Waals surface area contributed by atoms with Crippen molar-refractivity contribution in [2.75, 3.05) is 4.72 Å². The van der Waals surface area contributed by atoms with Gasteiger partial charge in [-0.1, -0.05) is 40.5 Å². The number of halogens is 2. The fourth-order valence-electron chi connectivity index (χ4n) is 1.56. The zero-order valence-corrected chi connectivity index (χ0v) is 13.8. The molecular formula is C12H10Cl2N2O3S2. The Morgan fingerprint density at radius 2 is 1.90 bits per heavy atom. The first-order valence-electron chi connectivity index (χ1n) is 5.60. The van der Waals surface area contributed by atoms with Crippen molar-refractivity contribution in [1.82, 2.24) is 0 Å². The van der Waals surface area contributed by atoms with Crippen LogP contribution in [0.2, 0.25) is 8.67 Å². The molecule has 9 heteroatoms. The normalized spacial score (nSPS) is 12.4. The third-order valence-electron chi connectivity index (χ3n) is 2.62. The maximum Gasteiger partial charge on any atom is 0.264 e. The van der Waals surface area contributed by atoms with E-state index in [-0.39, 0.29) is 9.23 Å². The van der Waals surface area contributed by atoms with Gasteiger partial charge in [-0.15, -0.1) is 11.3 Å². The predicted molar refractivity (Wildman–Crippen MR) is 85.6 cm³/mol. The highest BCUT2D eigenvalue weighted by Gasteiger charge is 2.21. The van der Waals surface area contributed by atoms with Gasteiger partial charge in [-0.2, -0.15) is 0 Å². The van der Waals surface area contributed by atoms with E-state index in [1.54, 1.807) is 31.2 Å². The van der Waals surface area contributed by atoms with Crippen molar-refractivity contribution in [1.29, 1.82) is 0 Å². The molecule has 0 unspecified atom stereocenters. The minimum atomic E-state index is -3.80. The number of rotatable bonds is 4. The smallest absolute Gasteiger partial charge is 0.264 e. The van der Waals surface area contributed by atoms with Crippen LogP contribution in [0.15, 0.2) is 40.4 Å². The third kappa shape index (κ3) is 3.68. The SMILES string of the molecule is C/C(=N\O)c1ccc(NS(=O)(=O)c2cc(Cl)sc2Cl)cc1. The van der Waals surface area contributed by atoms with Crippen molar-refractivity contribution < 1.29 is 13.6 Å². The summed E-state index contributed by atoms with van der Waals surface area (Å²) in [6.07, 6.45) is 0. The molecule has 0 aliphatic heterocycles. The number of hydrogen-bond acceptors (Lipinski definition) is 5. The van der Waals surface area contributed by atoms with Crippen LogP contribution >= 0.6 is 34.5 Å². The Labute approximate surface area is 135 Å². The molecule has 0 atom stereocenters. The van der Waals surface area contributed by atoms with Gasteiger partial charge in [-0.05, 0) is 30.7 Å². The van der Waals surface area contributed by atoms with Crippen LogP contribution in [0.5, 0.6) is 0 Å². The number of sulfonamides is 1. The summed E-state index contributed by atoms with van der Waals surface area (Å²) in [6, 6.07) is 7.69. The van der Waals surface area contributed by atoms with E-state index in [9.17, 15) is 8.42 Å². The van der Waals surface area contributed by atoms with E-state index in [0.29, 0.717) is 21.3 Å². The fourth-order valence-corrected chi connectivity index (χ4v) is 4.76. The highest BCUT2D eigenvalue weighted by molar-refractivity contribution is 7.93. The van der Waals surface area contributed by atoms with E-state index >= 15 is 0 Å². The van der Waals surface area contributed by atoms with Crippen LogP contribution in [0.3, 0.4) is 0 Å². The summed E-state index contributed by atoms with van der Waals surface area (Å²) < 4.78 is 27.2. The van der Waals surface area contributed by atoms with Crippen molar-refractivity contribution >= 4 is 56.0 Å². The largest absolute Gasteiger partial charge is 0.411 e. The number of oxime groups is 1. The van der Waals surface area contributed by atoms with Gasteiger partial charge in [0.25, 0.3) is 10.0 Å². The van der Waals surface area contributed by atoms with Crippen LogP contribution in [-0.2, 0) is 10.0 Å². The highest BCUT2D eigenvalue weighted by atomic mass is 35.5. The first-order valence-corrected chi connectivity index (χ1v) is 8.66. The Morgan fingerprint density at radius 3 is 2.38 bits per heavy atom. The van der Waals surface area contributed by atoms with Gasteiger partial charge in [0.1, 0.15) is 9.23 Å². The topological polar surface area (TPSA) is 78.8 Å². The van der Waals surface area contributed by atoms with Gasteiger partial charge in [0.05, 0.1) is 10.0 Å². The Morgan fingerprint density at radius 1 is 1.29 bits per heavy atom. The van der Waals surface area contributed by atoms with E-state index in [1.165, 1.54) is 6.07 Å². The fraction of sp³-hybridized carbons (Fsp3) is 0.0833. The van der Waals surface area contributed by atoms with Gasteiger partial charge in [0.2, 0.25) is 0 Å². The molecule has 112 valence electrons. The summed E-state index contributed by atoms with van der Waals surface area (Å²) in [5.41, 5.74) is 1.47. The van der Waals surface area contributed by atoms with Crippen molar-refractivity contribution in [2.24, 2.45) is 5.16 Å². The molecule has 0 amide bonds. The summed E-state index contributed by atoms with van der Waals surface area (Å²) in [5.74, 6) is 0. The van der Waals surface area contributed by atoms with Crippen LogP contribution in [0.1, 0.15) is 12.5 Å². The van der Waals surface area contributed by atoms with E-state index in [2.05, 4.69) is 9.88 Å². The van der Waals surface area contributed by atoms with Gasteiger partial charge in [-0.25, -0.2) is 8.42 Å².